The van der Waals surface area contributed by atoms with Crippen molar-refractivity contribution in [2.45, 2.75) is 103 Å². The van der Waals surface area contributed by atoms with Crippen LogP contribution in [0.3, 0.4) is 0 Å². The molecule has 0 spiro atoms. The summed E-state index contributed by atoms with van der Waals surface area (Å²) in [4.78, 5) is 70.2. The van der Waals surface area contributed by atoms with Crippen LogP contribution in [0.5, 0.6) is 0 Å². The largest absolute Gasteiger partial charge is 0.444 e. The zero-order chi connectivity index (χ0) is 44.8. The monoisotopic (exact) mass is 832 g/mol. The number of amides is 3. The van der Waals surface area contributed by atoms with Crippen LogP contribution >= 0.6 is 0 Å². The first-order valence-corrected chi connectivity index (χ1v) is 20.2. The van der Waals surface area contributed by atoms with Crippen molar-refractivity contribution < 1.29 is 28.7 Å². The minimum Gasteiger partial charge on any atom is -0.444 e. The van der Waals surface area contributed by atoms with Crippen molar-refractivity contribution in [1.82, 2.24) is 25.9 Å². The second-order valence-corrected chi connectivity index (χ2v) is 15.5. The Kier molecular flexibility index (Phi) is 20.0. The van der Waals surface area contributed by atoms with Crippen LogP contribution < -0.4 is 33.2 Å². The highest BCUT2D eigenvalue weighted by Gasteiger charge is 2.26. The summed E-state index contributed by atoms with van der Waals surface area (Å²) in [7, 11) is 0. The number of nitrogens with two attached hydrogens (primary N) is 3. The number of Topliss-reactive ketones (excluding diaryl/α,β-unsaturated/α-hetero) is 2. The van der Waals surface area contributed by atoms with E-state index in [1.165, 1.54) is 0 Å². The number of nitrogen functional groups attached to an aromatic ring is 2. The lowest BCUT2D eigenvalue weighted by Crippen LogP contribution is -2.51. The third kappa shape index (κ3) is 19.8. The van der Waals surface area contributed by atoms with Crippen molar-refractivity contribution in [3.8, 4) is 0 Å². The van der Waals surface area contributed by atoms with Crippen LogP contribution in [0.2, 0.25) is 0 Å². The molecular weight excluding hydrogens is 773 g/mol. The molecule has 4 aromatic rings. The fourth-order valence-corrected chi connectivity index (χ4v) is 5.54. The van der Waals surface area contributed by atoms with Crippen molar-refractivity contribution in [2.75, 3.05) is 11.5 Å². The van der Waals surface area contributed by atoms with Crippen LogP contribution in [0.1, 0.15) is 82.6 Å². The van der Waals surface area contributed by atoms with Gasteiger partial charge >= 0.3 is 6.09 Å². The molecule has 2 heterocycles. The van der Waals surface area contributed by atoms with E-state index >= 15 is 0 Å². The maximum atomic E-state index is 12.9. The molecule has 3 amide bonds. The Balaban J connectivity index is 0.000000334. The van der Waals surface area contributed by atoms with Crippen LogP contribution in [0.15, 0.2) is 109 Å². The lowest BCUT2D eigenvalue weighted by molar-refractivity contribution is -0.128. The Morgan fingerprint density at radius 3 is 1.51 bits per heavy atom. The van der Waals surface area contributed by atoms with E-state index in [9.17, 15) is 24.0 Å². The Bertz CT molecular complexity index is 2050. The van der Waals surface area contributed by atoms with E-state index in [2.05, 4.69) is 25.9 Å². The molecule has 0 aliphatic heterocycles. The van der Waals surface area contributed by atoms with Gasteiger partial charge in [-0.15, -0.1) is 0 Å². The molecule has 0 aliphatic carbocycles. The summed E-state index contributed by atoms with van der Waals surface area (Å²) in [5.41, 5.74) is 20.2. The number of aryl methyl sites for hydroxylation is 2. The van der Waals surface area contributed by atoms with Crippen molar-refractivity contribution in [1.29, 1.82) is 0 Å². The Morgan fingerprint density at radius 1 is 0.639 bits per heavy atom. The van der Waals surface area contributed by atoms with Crippen molar-refractivity contribution in [2.24, 2.45) is 5.73 Å². The molecular formula is C47H60N8O6. The minimum absolute atomic E-state index is 0.0489. The van der Waals surface area contributed by atoms with Gasteiger partial charge in [0.25, 0.3) is 0 Å². The number of nitrogens with zero attached hydrogens (tertiary/aromatic N) is 2. The van der Waals surface area contributed by atoms with Crippen molar-refractivity contribution >= 4 is 53.3 Å². The molecule has 0 fully saturated rings. The zero-order valence-electron chi connectivity index (χ0n) is 35.7. The van der Waals surface area contributed by atoms with Crippen LogP contribution in [-0.2, 0) is 36.8 Å². The van der Waals surface area contributed by atoms with Gasteiger partial charge in [0.2, 0.25) is 11.8 Å². The van der Waals surface area contributed by atoms with E-state index in [0.29, 0.717) is 37.3 Å². The average molecular weight is 833 g/mol. The summed E-state index contributed by atoms with van der Waals surface area (Å²) in [5.74, 6) is -0.101. The maximum absolute atomic E-state index is 12.9. The molecule has 2 aromatic carbocycles. The molecule has 0 saturated heterocycles. The molecule has 9 N–H and O–H groups in total. The van der Waals surface area contributed by atoms with E-state index in [4.69, 9.17) is 21.9 Å². The number of nitrogens with one attached hydrogen (secondary N) is 3. The molecule has 324 valence electrons. The van der Waals surface area contributed by atoms with Gasteiger partial charge < -0.3 is 37.9 Å². The standard InChI is InChI=1S/C26H34N4O4.C21H26N4O2/c1-18(22(31)15-13-20-14-16-23(27)28-17-20)29-24(32)21(30-25(33)34-26(2,3)4)12-8-11-19-9-6-5-7-10-19;1-15(19(26)12-10-17-11-13-20(23)24-14-17)25-21(27)18(22)9-5-8-16-6-3-2-4-7-16/h5-11,14,16-18,21H,12-13,15H2,1-4H3,(H2,27,28)(H,29,32)(H,30,33);2-8,11,13-15,18H,9-10,12,22H2,1H3,(H2,23,24)(H,25,27)/b11-8+;8-5+/t18-,21+;15-,18+/m00/s1. The Labute approximate surface area is 358 Å². The van der Waals surface area contributed by atoms with Crippen LogP contribution in [0, 0.1) is 0 Å². The predicted molar refractivity (Wildman–Crippen MR) is 240 cm³/mol. The number of hydrogen-bond donors (Lipinski definition) is 6. The van der Waals surface area contributed by atoms with Gasteiger partial charge in [-0.1, -0.05) is 97.1 Å². The highest BCUT2D eigenvalue weighted by Crippen LogP contribution is 2.11. The smallest absolute Gasteiger partial charge is 0.408 e. The fraction of sp³-hybridized carbons (Fsp3) is 0.340. The van der Waals surface area contributed by atoms with Gasteiger partial charge in [-0.3, -0.25) is 19.2 Å². The van der Waals surface area contributed by atoms with Gasteiger partial charge in [0.15, 0.2) is 11.6 Å². The predicted octanol–water partition coefficient (Wildman–Crippen LogP) is 5.77. The minimum atomic E-state index is -0.897. The molecule has 61 heavy (non-hydrogen) atoms. The Morgan fingerprint density at radius 2 is 1.08 bits per heavy atom. The maximum Gasteiger partial charge on any atom is 0.408 e. The molecule has 14 nitrogen and oxygen atoms in total. The number of hydrogen-bond acceptors (Lipinski definition) is 11. The van der Waals surface area contributed by atoms with Gasteiger partial charge in [0.1, 0.15) is 23.3 Å². The lowest BCUT2D eigenvalue weighted by Gasteiger charge is -2.23. The number of benzene rings is 2. The second kappa shape index (κ2) is 25.1. The number of ether oxygens (including phenoxy) is 1. The number of anilines is 2. The van der Waals surface area contributed by atoms with Gasteiger partial charge in [0.05, 0.1) is 18.1 Å². The number of rotatable bonds is 19. The molecule has 2 aromatic heterocycles. The molecule has 0 saturated carbocycles. The summed E-state index contributed by atoms with van der Waals surface area (Å²) < 4.78 is 5.30. The lowest BCUT2D eigenvalue weighted by atomic mass is 10.0. The van der Waals surface area contributed by atoms with E-state index in [1.54, 1.807) is 65.2 Å². The molecule has 4 rings (SSSR count). The van der Waals surface area contributed by atoms with E-state index in [-0.39, 0.29) is 30.3 Å². The normalized spacial score (nSPS) is 13.2. The molecule has 0 radical (unpaired) electrons. The van der Waals surface area contributed by atoms with Crippen LogP contribution in [0.4, 0.5) is 16.4 Å². The summed E-state index contributed by atoms with van der Waals surface area (Å²) in [5, 5.41) is 8.02. The fourth-order valence-electron chi connectivity index (χ4n) is 5.54. The highest BCUT2D eigenvalue weighted by molar-refractivity contribution is 5.92. The Hall–Kier alpha value is -6.67. The third-order valence-electron chi connectivity index (χ3n) is 9.02. The van der Waals surface area contributed by atoms with Crippen molar-refractivity contribution in [3.05, 3.63) is 132 Å². The number of carbonyl (C=O) groups is 5. The number of alkyl carbamates (subject to hydrolysis) is 1. The zero-order valence-corrected chi connectivity index (χ0v) is 35.7. The first kappa shape index (κ1) is 48.7. The van der Waals surface area contributed by atoms with E-state index in [1.807, 2.05) is 91.0 Å². The first-order chi connectivity index (χ1) is 29.0. The van der Waals surface area contributed by atoms with E-state index < -0.39 is 41.8 Å². The van der Waals surface area contributed by atoms with Gasteiger partial charge in [-0.2, -0.15) is 0 Å². The number of carbonyl (C=O) groups excluding carboxylic acids is 5. The quantitative estimate of drug-likeness (QED) is 0.0664. The molecule has 0 unspecified atom stereocenters. The first-order valence-electron chi connectivity index (χ1n) is 20.2. The topological polar surface area (TPSA) is 235 Å². The molecule has 14 heteroatoms. The molecule has 0 aliphatic rings. The van der Waals surface area contributed by atoms with Gasteiger partial charge in [-0.25, -0.2) is 14.8 Å². The number of pyridine rings is 2. The summed E-state index contributed by atoms with van der Waals surface area (Å²) in [6.07, 6.45) is 12.3. The third-order valence-corrected chi connectivity index (χ3v) is 9.02. The molecule has 4 atom stereocenters. The summed E-state index contributed by atoms with van der Waals surface area (Å²) in [6.45, 7) is 8.54. The van der Waals surface area contributed by atoms with E-state index in [0.717, 1.165) is 22.3 Å². The average Bonchev–Trinajstić information content (AvgIpc) is 3.22. The van der Waals surface area contributed by atoms with Crippen LogP contribution in [-0.4, -0.2) is 69.2 Å². The van der Waals surface area contributed by atoms with Gasteiger partial charge in [0, 0.05) is 25.2 Å². The number of ketones is 2. The second-order valence-electron chi connectivity index (χ2n) is 15.5. The highest BCUT2D eigenvalue weighted by atomic mass is 16.6. The van der Waals surface area contributed by atoms with Gasteiger partial charge in [-0.05, 0) is 94.7 Å². The SMILES string of the molecule is C[C@H](NC(=O)[C@@H](C/C=C/c1ccccc1)NC(=O)OC(C)(C)C)C(=O)CCc1ccc(N)nc1.C[C@H](NC(=O)[C@H](N)C/C=C/c1ccccc1)C(=O)CCc1ccc(N)nc1. The van der Waals surface area contributed by atoms with Crippen molar-refractivity contribution in [3.63, 3.8) is 0 Å². The molecule has 0 bridgehead atoms. The van der Waals surface area contributed by atoms with Crippen LogP contribution in [0.25, 0.3) is 12.2 Å². The summed E-state index contributed by atoms with van der Waals surface area (Å²) >= 11 is 0. The summed E-state index contributed by atoms with van der Waals surface area (Å²) in [6, 6.07) is 23.5. The number of aromatic nitrogens is 2.